The molecule has 0 atom stereocenters. The smallest absolute Gasteiger partial charge is 0.264 e. The fourth-order valence-electron chi connectivity index (χ4n) is 3.02. The van der Waals surface area contributed by atoms with Crippen LogP contribution in [-0.4, -0.2) is 50.6 Å². The van der Waals surface area contributed by atoms with Crippen LogP contribution in [0.15, 0.2) is 47.4 Å². The summed E-state index contributed by atoms with van der Waals surface area (Å²) in [5.74, 6) is -0.848. The highest BCUT2D eigenvalue weighted by molar-refractivity contribution is 7.92. The van der Waals surface area contributed by atoms with Gasteiger partial charge in [-0.1, -0.05) is 11.6 Å². The van der Waals surface area contributed by atoms with Crippen LogP contribution in [0.1, 0.15) is 23.2 Å². The Kier molecular flexibility index (Phi) is 5.92. The standard InChI is InChI=1S/C19H20ClFN2O4S/c1-22(14-4-2-13(21)3-5-14)28(26,27)16-6-7-18(20)17(12-16)19(25)23-10-8-15(24)9-11-23/h2-7,12,15,24H,8-11H2,1H3. The van der Waals surface area contributed by atoms with Gasteiger partial charge < -0.3 is 10.0 Å². The minimum Gasteiger partial charge on any atom is -0.393 e. The molecule has 1 aliphatic heterocycles. The van der Waals surface area contributed by atoms with Gasteiger partial charge in [0.25, 0.3) is 15.9 Å². The zero-order chi connectivity index (χ0) is 20.5. The predicted octanol–water partition coefficient (Wildman–Crippen LogP) is 2.90. The topological polar surface area (TPSA) is 77.9 Å². The van der Waals surface area contributed by atoms with Crippen LogP contribution in [0.4, 0.5) is 10.1 Å². The number of amides is 1. The Balaban J connectivity index is 1.91. The molecular weight excluding hydrogens is 407 g/mol. The third-order valence-corrected chi connectivity index (χ3v) is 6.88. The normalized spacial score (nSPS) is 15.5. The summed E-state index contributed by atoms with van der Waals surface area (Å²) >= 11 is 6.16. The van der Waals surface area contributed by atoms with Crippen molar-refractivity contribution < 1.29 is 22.7 Å². The van der Waals surface area contributed by atoms with Gasteiger partial charge in [0, 0.05) is 20.1 Å². The van der Waals surface area contributed by atoms with Crippen molar-refractivity contribution in [2.24, 2.45) is 0 Å². The van der Waals surface area contributed by atoms with E-state index in [1.807, 2.05) is 0 Å². The second kappa shape index (κ2) is 8.06. The van der Waals surface area contributed by atoms with Crippen LogP contribution in [-0.2, 0) is 10.0 Å². The first-order chi connectivity index (χ1) is 13.2. The number of aliphatic hydroxyl groups excluding tert-OH is 1. The number of anilines is 1. The third-order valence-electron chi connectivity index (χ3n) is 4.77. The number of halogens is 2. The van der Waals surface area contributed by atoms with Crippen molar-refractivity contribution in [1.29, 1.82) is 0 Å². The summed E-state index contributed by atoms with van der Waals surface area (Å²) in [7, 11) is -2.62. The van der Waals surface area contributed by atoms with Crippen LogP contribution in [0, 0.1) is 5.82 Å². The largest absolute Gasteiger partial charge is 0.393 e. The number of hydrogen-bond donors (Lipinski definition) is 1. The molecule has 1 saturated heterocycles. The van der Waals surface area contributed by atoms with Gasteiger partial charge in [-0.25, -0.2) is 12.8 Å². The summed E-state index contributed by atoms with van der Waals surface area (Å²) < 4.78 is 40.0. The van der Waals surface area contributed by atoms with E-state index in [0.717, 1.165) is 4.31 Å². The third kappa shape index (κ3) is 4.14. The first-order valence-corrected chi connectivity index (χ1v) is 10.5. The summed E-state index contributed by atoms with van der Waals surface area (Å²) in [5, 5.41) is 9.75. The number of nitrogens with zero attached hydrogens (tertiary/aromatic N) is 2. The van der Waals surface area contributed by atoms with Crippen molar-refractivity contribution in [2.75, 3.05) is 24.4 Å². The molecule has 0 aromatic heterocycles. The fraction of sp³-hybridized carbons (Fsp3) is 0.316. The van der Waals surface area contributed by atoms with Gasteiger partial charge in [0.1, 0.15) is 5.82 Å². The molecule has 9 heteroatoms. The van der Waals surface area contributed by atoms with E-state index in [2.05, 4.69) is 0 Å². The van der Waals surface area contributed by atoms with E-state index in [1.165, 1.54) is 49.5 Å². The highest BCUT2D eigenvalue weighted by atomic mass is 35.5. The molecule has 28 heavy (non-hydrogen) atoms. The van der Waals surface area contributed by atoms with Gasteiger partial charge in [0.2, 0.25) is 0 Å². The molecule has 1 fully saturated rings. The van der Waals surface area contributed by atoms with E-state index >= 15 is 0 Å². The van der Waals surface area contributed by atoms with Crippen molar-refractivity contribution >= 4 is 33.2 Å². The Morgan fingerprint density at radius 2 is 1.79 bits per heavy atom. The molecule has 0 spiro atoms. The van der Waals surface area contributed by atoms with Crippen molar-refractivity contribution in [1.82, 2.24) is 4.90 Å². The van der Waals surface area contributed by atoms with Crippen LogP contribution in [0.3, 0.4) is 0 Å². The second-order valence-corrected chi connectivity index (χ2v) is 8.99. The summed E-state index contributed by atoms with van der Waals surface area (Å²) in [6.45, 7) is 0.756. The van der Waals surface area contributed by atoms with E-state index in [9.17, 15) is 22.7 Å². The quantitative estimate of drug-likeness (QED) is 0.815. The molecule has 0 unspecified atom stereocenters. The Hall–Kier alpha value is -2.16. The molecule has 2 aromatic rings. The number of carbonyl (C=O) groups is 1. The maximum atomic E-state index is 13.1. The number of carbonyl (C=O) groups excluding carboxylic acids is 1. The number of aliphatic hydroxyl groups is 1. The van der Waals surface area contributed by atoms with Crippen LogP contribution < -0.4 is 4.31 Å². The van der Waals surface area contributed by atoms with E-state index < -0.39 is 21.9 Å². The van der Waals surface area contributed by atoms with Crippen molar-refractivity contribution in [3.63, 3.8) is 0 Å². The lowest BCUT2D eigenvalue weighted by Crippen LogP contribution is -2.40. The Morgan fingerprint density at radius 1 is 1.18 bits per heavy atom. The zero-order valence-corrected chi connectivity index (χ0v) is 16.8. The van der Waals surface area contributed by atoms with Crippen LogP contribution >= 0.6 is 11.6 Å². The van der Waals surface area contributed by atoms with E-state index in [-0.39, 0.29) is 27.1 Å². The van der Waals surface area contributed by atoms with Crippen molar-refractivity contribution in [3.05, 3.63) is 58.9 Å². The van der Waals surface area contributed by atoms with Gasteiger partial charge in [-0.15, -0.1) is 0 Å². The molecule has 6 nitrogen and oxygen atoms in total. The number of hydrogen-bond acceptors (Lipinski definition) is 4. The van der Waals surface area contributed by atoms with Crippen molar-refractivity contribution in [2.45, 2.75) is 23.8 Å². The highest BCUT2D eigenvalue weighted by Gasteiger charge is 2.27. The predicted molar refractivity (Wildman–Crippen MR) is 105 cm³/mol. The van der Waals surface area contributed by atoms with Crippen LogP contribution in [0.2, 0.25) is 5.02 Å². The maximum Gasteiger partial charge on any atom is 0.264 e. The Bertz CT molecular complexity index is 974. The average Bonchev–Trinajstić information content (AvgIpc) is 2.68. The van der Waals surface area contributed by atoms with Crippen molar-refractivity contribution in [3.8, 4) is 0 Å². The first-order valence-electron chi connectivity index (χ1n) is 8.71. The molecule has 0 aliphatic carbocycles. The lowest BCUT2D eigenvalue weighted by atomic mass is 10.1. The summed E-state index contributed by atoms with van der Waals surface area (Å²) in [6, 6.07) is 9.01. The SMILES string of the molecule is CN(c1ccc(F)cc1)S(=O)(=O)c1ccc(Cl)c(C(=O)N2CCC(O)CC2)c1. The number of sulfonamides is 1. The van der Waals surface area contributed by atoms with Gasteiger partial charge in [0.05, 0.1) is 27.3 Å². The minimum absolute atomic E-state index is 0.0895. The van der Waals surface area contributed by atoms with Gasteiger partial charge >= 0.3 is 0 Å². The van der Waals surface area contributed by atoms with E-state index in [4.69, 9.17) is 11.6 Å². The highest BCUT2D eigenvalue weighted by Crippen LogP contribution is 2.27. The number of piperidine rings is 1. The zero-order valence-electron chi connectivity index (χ0n) is 15.2. The lowest BCUT2D eigenvalue weighted by Gasteiger charge is -2.30. The Morgan fingerprint density at radius 3 is 2.39 bits per heavy atom. The van der Waals surface area contributed by atoms with Crippen LogP contribution in [0.5, 0.6) is 0 Å². The molecule has 1 aliphatic rings. The van der Waals surface area contributed by atoms with Gasteiger partial charge in [-0.05, 0) is 55.3 Å². The monoisotopic (exact) mass is 426 g/mol. The molecule has 2 aromatic carbocycles. The van der Waals surface area contributed by atoms with Crippen LogP contribution in [0.25, 0.3) is 0 Å². The van der Waals surface area contributed by atoms with Gasteiger partial charge in [-0.2, -0.15) is 0 Å². The molecule has 1 N–H and O–H groups in total. The molecule has 3 rings (SSSR count). The molecule has 1 amide bonds. The van der Waals surface area contributed by atoms with E-state index in [1.54, 1.807) is 4.90 Å². The minimum atomic E-state index is -3.98. The van der Waals surface area contributed by atoms with E-state index in [0.29, 0.717) is 25.9 Å². The molecule has 150 valence electrons. The number of rotatable bonds is 4. The molecule has 0 bridgehead atoms. The number of likely N-dealkylation sites (tertiary alicyclic amines) is 1. The van der Waals surface area contributed by atoms with Gasteiger partial charge in [-0.3, -0.25) is 9.10 Å². The lowest BCUT2D eigenvalue weighted by molar-refractivity contribution is 0.0546. The average molecular weight is 427 g/mol. The second-order valence-electron chi connectivity index (χ2n) is 6.61. The molecular formula is C19H20ClFN2O4S. The van der Waals surface area contributed by atoms with Gasteiger partial charge in [0.15, 0.2) is 0 Å². The first kappa shape index (κ1) is 20.6. The number of benzene rings is 2. The Labute approximate surface area is 168 Å². The summed E-state index contributed by atoms with van der Waals surface area (Å²) in [5.41, 5.74) is 0.376. The fourth-order valence-corrected chi connectivity index (χ4v) is 4.44. The summed E-state index contributed by atoms with van der Waals surface area (Å²) in [6.07, 6.45) is 0.499. The molecule has 0 radical (unpaired) electrons. The molecule has 0 saturated carbocycles. The molecule has 1 heterocycles. The maximum absolute atomic E-state index is 13.1. The summed E-state index contributed by atoms with van der Waals surface area (Å²) in [4.78, 5) is 14.2.